The topological polar surface area (TPSA) is 46.4 Å². The molecule has 0 saturated carbocycles. The lowest BCUT2D eigenvalue weighted by molar-refractivity contribution is 0.573. The number of hydrogen-bond acceptors (Lipinski definition) is 4. The van der Waals surface area contributed by atoms with Crippen molar-refractivity contribution in [1.29, 1.82) is 0 Å². The van der Waals surface area contributed by atoms with Crippen LogP contribution in [0.5, 0.6) is 0 Å². The van der Waals surface area contributed by atoms with E-state index >= 15 is 0 Å². The number of nitrogens with zero attached hydrogens (tertiary/aromatic N) is 2. The molecule has 4 aromatic carbocycles. The lowest BCUT2D eigenvalue weighted by Crippen LogP contribution is -2.38. The summed E-state index contributed by atoms with van der Waals surface area (Å²) in [4.78, 5) is 20.2. The molecule has 44 heavy (non-hydrogen) atoms. The van der Waals surface area contributed by atoms with Crippen molar-refractivity contribution in [2.24, 2.45) is 4.99 Å². The first-order valence-electron chi connectivity index (χ1n) is 14.7. The average molecular weight is 679 g/mol. The van der Waals surface area contributed by atoms with Gasteiger partial charge < -0.3 is 5.32 Å². The van der Waals surface area contributed by atoms with Crippen molar-refractivity contribution in [1.82, 2.24) is 4.57 Å². The van der Waals surface area contributed by atoms with Gasteiger partial charge in [-0.2, -0.15) is 0 Å². The van der Waals surface area contributed by atoms with Crippen LogP contribution in [0, 0.1) is 0 Å². The summed E-state index contributed by atoms with van der Waals surface area (Å²) in [6.07, 6.45) is 5.77. The fourth-order valence-corrected chi connectivity index (χ4v) is 7.43. The lowest BCUT2D eigenvalue weighted by Gasteiger charge is -2.28. The third kappa shape index (κ3) is 5.77. The number of thiazole rings is 1. The molecule has 0 saturated heterocycles. The Morgan fingerprint density at radius 1 is 0.886 bits per heavy atom. The number of nitrogens with one attached hydrogen (secondary N) is 1. The maximum absolute atomic E-state index is 14.1. The molecule has 1 aliphatic carbocycles. The van der Waals surface area contributed by atoms with Crippen molar-refractivity contribution in [3.05, 3.63) is 172 Å². The second-order valence-corrected chi connectivity index (χ2v) is 13.3. The van der Waals surface area contributed by atoms with Crippen molar-refractivity contribution in [2.75, 3.05) is 5.32 Å². The zero-order chi connectivity index (χ0) is 30.0. The van der Waals surface area contributed by atoms with Gasteiger partial charge in [0.1, 0.15) is 0 Å². The van der Waals surface area contributed by atoms with Crippen LogP contribution >= 0.6 is 38.9 Å². The van der Waals surface area contributed by atoms with Crippen LogP contribution in [-0.4, -0.2) is 4.57 Å². The normalized spacial score (nSPS) is 17.8. The van der Waals surface area contributed by atoms with Crippen molar-refractivity contribution < 1.29 is 0 Å². The Labute approximate surface area is 273 Å². The van der Waals surface area contributed by atoms with Crippen LogP contribution in [0.3, 0.4) is 0 Å². The molecule has 4 nitrogen and oxygen atoms in total. The van der Waals surface area contributed by atoms with E-state index in [0.717, 1.165) is 68.7 Å². The largest absolute Gasteiger partial charge is 0.355 e. The van der Waals surface area contributed by atoms with Gasteiger partial charge in [0.2, 0.25) is 0 Å². The van der Waals surface area contributed by atoms with Gasteiger partial charge >= 0.3 is 0 Å². The summed E-state index contributed by atoms with van der Waals surface area (Å²) in [6, 6.07) is 36.5. The zero-order valence-corrected chi connectivity index (χ0v) is 27.0. The molecule has 1 atom stereocenters. The van der Waals surface area contributed by atoms with Crippen LogP contribution in [0.25, 0.3) is 11.8 Å². The predicted octanol–water partition coefficient (Wildman–Crippen LogP) is 8.73. The highest BCUT2D eigenvalue weighted by Crippen LogP contribution is 2.42. The Morgan fingerprint density at radius 3 is 2.30 bits per heavy atom. The molecule has 0 fully saturated rings. The van der Waals surface area contributed by atoms with Crippen LogP contribution in [0.4, 0.5) is 5.69 Å². The van der Waals surface area contributed by atoms with E-state index < -0.39 is 0 Å². The molecule has 1 N–H and O–H groups in total. The van der Waals surface area contributed by atoms with E-state index in [1.54, 1.807) is 0 Å². The highest BCUT2D eigenvalue weighted by Gasteiger charge is 2.32. The minimum atomic E-state index is -0.229. The molecule has 7 rings (SSSR count). The predicted molar refractivity (Wildman–Crippen MR) is 186 cm³/mol. The summed E-state index contributed by atoms with van der Waals surface area (Å²) in [5.74, 6) is 0. The zero-order valence-electron chi connectivity index (χ0n) is 23.8. The fourth-order valence-electron chi connectivity index (χ4n) is 6.04. The van der Waals surface area contributed by atoms with E-state index in [0.29, 0.717) is 9.55 Å². The Balaban J connectivity index is 1.49. The van der Waals surface area contributed by atoms with Crippen LogP contribution in [-0.2, 0) is 0 Å². The summed E-state index contributed by atoms with van der Waals surface area (Å²) in [6.45, 7) is 0. The summed E-state index contributed by atoms with van der Waals surface area (Å²) in [5, 5.41) is 4.44. The molecule has 0 bridgehead atoms. The van der Waals surface area contributed by atoms with E-state index in [2.05, 4.69) is 81.9 Å². The summed E-state index contributed by atoms with van der Waals surface area (Å²) in [7, 11) is 0. The van der Waals surface area contributed by atoms with Gasteiger partial charge in [0.05, 0.1) is 22.0 Å². The quantitative estimate of drug-likeness (QED) is 0.202. The SMILES string of the molecule is O=c1/c(=C/c2ccc(Cl)cc2)sc2n1C(c1ccccc1)C1=C(N=2)/C(=C(/Nc2ccc(Br)cc2)c2ccccc2)CCCC1. The van der Waals surface area contributed by atoms with E-state index in [4.69, 9.17) is 16.6 Å². The Bertz CT molecular complexity index is 2060. The average Bonchev–Trinajstić information content (AvgIpc) is 3.21. The number of fused-ring (bicyclic) bond motifs is 1. The number of halogens is 2. The standard InChI is InChI=1S/C37H29BrClN3OS/c38-27-17-21-29(22-18-27)40-33(25-9-3-1-4-10-25)30-13-7-8-14-31-34(30)41-37-42(35(31)26-11-5-2-6-12-26)36(43)32(44-37)23-24-15-19-28(39)20-16-24/h1-6,9-12,15-23,35,40H,7-8,13-14H2/b32-23-,33-30+. The summed E-state index contributed by atoms with van der Waals surface area (Å²) < 4.78 is 3.60. The highest BCUT2D eigenvalue weighted by atomic mass is 79.9. The first-order chi connectivity index (χ1) is 21.5. The van der Waals surface area contributed by atoms with E-state index in [1.807, 2.05) is 59.2 Å². The first-order valence-corrected chi connectivity index (χ1v) is 16.7. The third-order valence-electron chi connectivity index (χ3n) is 8.11. The van der Waals surface area contributed by atoms with Gasteiger partial charge in [0, 0.05) is 20.8 Å². The molecular weight excluding hydrogens is 650 g/mol. The molecule has 0 radical (unpaired) electrons. The second-order valence-electron chi connectivity index (χ2n) is 11.0. The smallest absolute Gasteiger partial charge is 0.271 e. The van der Waals surface area contributed by atoms with Gasteiger partial charge in [0.25, 0.3) is 5.56 Å². The van der Waals surface area contributed by atoms with E-state index in [1.165, 1.54) is 22.5 Å². The molecule has 2 aliphatic rings. The van der Waals surface area contributed by atoms with Crippen molar-refractivity contribution in [2.45, 2.75) is 31.7 Å². The number of aromatic nitrogens is 1. The number of anilines is 1. The lowest BCUT2D eigenvalue weighted by atomic mass is 9.90. The fraction of sp³-hybridized carbons (Fsp3) is 0.135. The maximum atomic E-state index is 14.1. The first kappa shape index (κ1) is 28.8. The molecule has 218 valence electrons. The number of rotatable bonds is 5. The molecule has 1 unspecified atom stereocenters. The van der Waals surface area contributed by atoms with Gasteiger partial charge in [-0.1, -0.05) is 112 Å². The third-order valence-corrected chi connectivity index (χ3v) is 9.87. The Hall–Kier alpha value is -3.97. The molecule has 0 spiro atoms. The number of benzene rings is 4. The molecular formula is C37H29BrClN3OS. The number of allylic oxidation sites excluding steroid dienone is 2. The molecule has 5 aromatic rings. The molecule has 7 heteroatoms. The molecule has 1 aromatic heterocycles. The van der Waals surface area contributed by atoms with Gasteiger partial charge in [-0.05, 0) is 90.4 Å². The van der Waals surface area contributed by atoms with Crippen molar-refractivity contribution in [3.8, 4) is 0 Å². The van der Waals surface area contributed by atoms with Crippen LogP contribution in [0.2, 0.25) is 5.02 Å². The highest BCUT2D eigenvalue weighted by molar-refractivity contribution is 9.10. The van der Waals surface area contributed by atoms with Gasteiger partial charge in [-0.25, -0.2) is 4.99 Å². The van der Waals surface area contributed by atoms with Gasteiger partial charge in [0.15, 0.2) is 4.80 Å². The van der Waals surface area contributed by atoms with Crippen LogP contribution < -0.4 is 20.2 Å². The van der Waals surface area contributed by atoms with Crippen LogP contribution in [0.15, 0.2) is 140 Å². The second kappa shape index (κ2) is 12.6. The summed E-state index contributed by atoms with van der Waals surface area (Å²) in [5.41, 5.74) is 8.56. The molecule has 0 amide bonds. The van der Waals surface area contributed by atoms with E-state index in [-0.39, 0.29) is 11.6 Å². The van der Waals surface area contributed by atoms with Crippen LogP contribution in [0.1, 0.15) is 48.4 Å². The molecule has 1 aliphatic heterocycles. The molecule has 2 heterocycles. The minimum Gasteiger partial charge on any atom is -0.355 e. The van der Waals surface area contributed by atoms with Crippen molar-refractivity contribution >= 4 is 56.3 Å². The Morgan fingerprint density at radius 2 is 1.57 bits per heavy atom. The van der Waals surface area contributed by atoms with Gasteiger partial charge in [-0.3, -0.25) is 9.36 Å². The number of hydrogen-bond donors (Lipinski definition) is 1. The van der Waals surface area contributed by atoms with Gasteiger partial charge in [-0.15, -0.1) is 0 Å². The van der Waals surface area contributed by atoms with Crippen molar-refractivity contribution in [3.63, 3.8) is 0 Å². The minimum absolute atomic E-state index is 0.0184. The Kier molecular flexibility index (Phi) is 8.22. The summed E-state index contributed by atoms with van der Waals surface area (Å²) >= 11 is 11.1. The van der Waals surface area contributed by atoms with E-state index in [9.17, 15) is 4.79 Å². The maximum Gasteiger partial charge on any atom is 0.271 e. The monoisotopic (exact) mass is 677 g/mol.